The Labute approximate surface area is 239 Å². The van der Waals surface area contributed by atoms with Crippen LogP contribution >= 0.6 is 0 Å². The van der Waals surface area contributed by atoms with Crippen LogP contribution in [0, 0.1) is 17.5 Å². The van der Waals surface area contributed by atoms with Crippen molar-refractivity contribution in [3.63, 3.8) is 0 Å². The maximum absolute atomic E-state index is 15.1. The SMILES string of the molecule is CCn1nc(C(=O)Nc2ccc(Oc3ccnc4[nH]nc(N[C@H](C)CO)c34)c(F)c2)c(=O)n(-c2ccc(F)c(F)c2)c1=O. The number of amides is 1. The Balaban J connectivity index is 1.43. The molecule has 3 aromatic heterocycles. The molecule has 3 heterocycles. The number of rotatable bonds is 9. The topological polar surface area (TPSA) is 169 Å². The van der Waals surface area contributed by atoms with Crippen LogP contribution in [0.15, 0.2) is 58.3 Å². The van der Waals surface area contributed by atoms with Gasteiger partial charge >= 0.3 is 5.69 Å². The van der Waals surface area contributed by atoms with Crippen molar-refractivity contribution in [1.82, 2.24) is 29.5 Å². The lowest BCUT2D eigenvalue weighted by atomic mass is 10.2. The number of hydrogen-bond donors (Lipinski definition) is 4. The third-order valence-corrected chi connectivity index (χ3v) is 6.20. The first-order valence-electron chi connectivity index (χ1n) is 12.8. The summed E-state index contributed by atoms with van der Waals surface area (Å²) in [4.78, 5) is 43.1. The standard InChI is InChI=1S/C27H23F3N8O5/c1-3-37-27(42)38(15-5-6-16(28)17(29)11-15)26(41)22(36-37)25(40)33-14-4-7-19(18(30)10-14)43-20-8-9-31-23-21(20)24(35-34-23)32-13(2)12-39/h4-11,13,39H,3,12H2,1-2H3,(H,33,40)(H2,31,32,34,35)/t13-/m1/s1. The highest BCUT2D eigenvalue weighted by Crippen LogP contribution is 2.34. The molecule has 0 unspecified atom stereocenters. The summed E-state index contributed by atoms with van der Waals surface area (Å²) in [6.45, 7) is 3.03. The number of anilines is 2. The molecule has 0 fully saturated rings. The van der Waals surface area contributed by atoms with Gasteiger partial charge in [-0.1, -0.05) is 0 Å². The average Bonchev–Trinajstić information content (AvgIpc) is 3.39. The van der Waals surface area contributed by atoms with E-state index in [1.807, 2.05) is 0 Å². The number of ether oxygens (including phenoxy) is 1. The number of halogens is 3. The zero-order valence-corrected chi connectivity index (χ0v) is 22.6. The number of benzene rings is 2. The van der Waals surface area contributed by atoms with Gasteiger partial charge < -0.3 is 20.5 Å². The molecule has 0 saturated carbocycles. The van der Waals surface area contributed by atoms with Crippen molar-refractivity contribution >= 4 is 28.4 Å². The lowest BCUT2D eigenvalue weighted by Crippen LogP contribution is -2.44. The lowest BCUT2D eigenvalue weighted by molar-refractivity contribution is 0.101. The van der Waals surface area contributed by atoms with Crippen molar-refractivity contribution in [1.29, 1.82) is 0 Å². The van der Waals surface area contributed by atoms with Gasteiger partial charge in [-0.25, -0.2) is 32.2 Å². The summed E-state index contributed by atoms with van der Waals surface area (Å²) in [6, 6.07) is 7.01. The van der Waals surface area contributed by atoms with E-state index in [2.05, 4.69) is 30.9 Å². The van der Waals surface area contributed by atoms with Crippen LogP contribution < -0.4 is 26.6 Å². The Kier molecular flexibility index (Phi) is 7.94. The fraction of sp³-hybridized carbons (Fsp3) is 0.185. The normalized spacial score (nSPS) is 11.9. The number of aromatic amines is 1. The van der Waals surface area contributed by atoms with Crippen molar-refractivity contribution in [3.8, 4) is 17.2 Å². The van der Waals surface area contributed by atoms with Crippen molar-refractivity contribution in [2.45, 2.75) is 26.4 Å². The molecule has 0 aliphatic heterocycles. The summed E-state index contributed by atoms with van der Waals surface area (Å²) in [6.07, 6.45) is 1.43. The first-order valence-corrected chi connectivity index (χ1v) is 12.8. The van der Waals surface area contributed by atoms with Gasteiger partial charge in [0, 0.05) is 42.7 Å². The van der Waals surface area contributed by atoms with Crippen molar-refractivity contribution in [2.75, 3.05) is 17.2 Å². The Morgan fingerprint density at radius 3 is 2.56 bits per heavy atom. The second kappa shape index (κ2) is 11.8. The Morgan fingerprint density at radius 1 is 1.07 bits per heavy atom. The summed E-state index contributed by atoms with van der Waals surface area (Å²) < 4.78 is 49.5. The molecule has 0 saturated heterocycles. The van der Waals surface area contributed by atoms with E-state index in [1.54, 1.807) is 6.92 Å². The van der Waals surface area contributed by atoms with E-state index in [9.17, 15) is 28.3 Å². The van der Waals surface area contributed by atoms with Crippen molar-refractivity contribution in [2.24, 2.45) is 0 Å². The number of nitrogens with zero attached hydrogens (tertiary/aromatic N) is 5. The fourth-order valence-corrected chi connectivity index (χ4v) is 4.08. The molecule has 0 spiro atoms. The van der Waals surface area contributed by atoms with Gasteiger partial charge in [-0.15, -0.1) is 0 Å². The number of H-pyrrole nitrogens is 1. The van der Waals surface area contributed by atoms with Gasteiger partial charge in [0.1, 0.15) is 11.1 Å². The third-order valence-electron chi connectivity index (χ3n) is 6.20. The number of aryl methyl sites for hydroxylation is 1. The Hall–Kier alpha value is -5.51. The van der Waals surface area contributed by atoms with E-state index in [-0.39, 0.29) is 42.1 Å². The molecule has 0 aliphatic rings. The molecule has 1 atom stereocenters. The summed E-state index contributed by atoms with van der Waals surface area (Å²) in [7, 11) is 0. The van der Waals surface area contributed by atoms with Crippen LogP contribution in [0.2, 0.25) is 0 Å². The molecule has 43 heavy (non-hydrogen) atoms. The van der Waals surface area contributed by atoms with Crippen LogP contribution in [0.4, 0.5) is 24.7 Å². The molecule has 1 amide bonds. The molecule has 222 valence electrons. The van der Waals surface area contributed by atoms with Crippen LogP contribution in [-0.2, 0) is 6.54 Å². The van der Waals surface area contributed by atoms with Crippen LogP contribution in [0.1, 0.15) is 24.3 Å². The highest BCUT2D eigenvalue weighted by molar-refractivity contribution is 6.02. The lowest BCUT2D eigenvalue weighted by Gasteiger charge is -2.13. The van der Waals surface area contributed by atoms with E-state index in [4.69, 9.17) is 4.74 Å². The molecule has 0 bridgehead atoms. The van der Waals surface area contributed by atoms with Gasteiger partial charge in [-0.2, -0.15) is 10.2 Å². The number of carbonyl (C=O) groups is 1. The largest absolute Gasteiger partial charge is 0.453 e. The van der Waals surface area contributed by atoms with E-state index >= 15 is 4.39 Å². The van der Waals surface area contributed by atoms with E-state index in [0.29, 0.717) is 27.5 Å². The van der Waals surface area contributed by atoms with Gasteiger partial charge in [0.05, 0.1) is 12.3 Å². The minimum absolute atomic E-state index is 0.0567. The van der Waals surface area contributed by atoms with E-state index in [1.165, 1.54) is 31.3 Å². The number of aliphatic hydroxyl groups is 1. The van der Waals surface area contributed by atoms with Crippen LogP contribution in [-0.4, -0.2) is 53.2 Å². The molecule has 0 radical (unpaired) electrons. The zero-order valence-electron chi connectivity index (χ0n) is 22.6. The maximum Gasteiger partial charge on any atom is 0.352 e. The molecule has 4 N–H and O–H groups in total. The molecule has 13 nitrogen and oxygen atoms in total. The zero-order chi connectivity index (χ0) is 30.8. The first kappa shape index (κ1) is 29.0. The number of hydrogen-bond acceptors (Lipinski definition) is 9. The second-order valence-corrected chi connectivity index (χ2v) is 9.22. The molecule has 2 aromatic carbocycles. The van der Waals surface area contributed by atoms with Gasteiger partial charge in [0.25, 0.3) is 11.5 Å². The van der Waals surface area contributed by atoms with Gasteiger partial charge in [0.15, 0.2) is 34.7 Å². The molecular formula is C27H23F3N8O5. The van der Waals surface area contributed by atoms with Crippen molar-refractivity contribution < 1.29 is 27.8 Å². The van der Waals surface area contributed by atoms with Crippen LogP contribution in [0.25, 0.3) is 16.7 Å². The average molecular weight is 597 g/mol. The highest BCUT2D eigenvalue weighted by atomic mass is 19.2. The molecule has 16 heteroatoms. The first-order chi connectivity index (χ1) is 20.6. The van der Waals surface area contributed by atoms with E-state index < -0.39 is 40.3 Å². The number of aromatic nitrogens is 6. The quantitative estimate of drug-likeness (QED) is 0.200. The Morgan fingerprint density at radius 2 is 1.86 bits per heavy atom. The minimum Gasteiger partial charge on any atom is -0.453 e. The molecule has 5 rings (SSSR count). The number of carbonyl (C=O) groups excluding carboxylic acids is 1. The molecule has 0 aliphatic carbocycles. The summed E-state index contributed by atoms with van der Waals surface area (Å²) in [5, 5.41) is 25.8. The number of nitrogens with one attached hydrogen (secondary N) is 3. The summed E-state index contributed by atoms with van der Waals surface area (Å²) >= 11 is 0. The van der Waals surface area contributed by atoms with Crippen LogP contribution in [0.5, 0.6) is 11.5 Å². The third kappa shape index (κ3) is 5.67. The fourth-order valence-electron chi connectivity index (χ4n) is 4.08. The highest BCUT2D eigenvalue weighted by Gasteiger charge is 2.22. The van der Waals surface area contributed by atoms with Gasteiger partial charge in [0.2, 0.25) is 5.69 Å². The van der Waals surface area contributed by atoms with Gasteiger partial charge in [-0.05, 0) is 38.1 Å². The summed E-state index contributed by atoms with van der Waals surface area (Å²) in [5.74, 6) is -4.15. The predicted octanol–water partition coefficient (Wildman–Crippen LogP) is 2.94. The van der Waals surface area contributed by atoms with Crippen molar-refractivity contribution in [3.05, 3.63) is 92.6 Å². The number of aliphatic hydroxyl groups excluding tert-OH is 1. The van der Waals surface area contributed by atoms with Crippen LogP contribution in [0.3, 0.4) is 0 Å². The number of fused-ring (bicyclic) bond motifs is 1. The predicted molar refractivity (Wildman–Crippen MR) is 148 cm³/mol. The van der Waals surface area contributed by atoms with Gasteiger partial charge in [-0.3, -0.25) is 14.7 Å². The second-order valence-electron chi connectivity index (χ2n) is 9.22. The Bertz CT molecular complexity index is 1970. The smallest absolute Gasteiger partial charge is 0.352 e. The monoisotopic (exact) mass is 596 g/mol. The van der Waals surface area contributed by atoms with E-state index in [0.717, 1.165) is 22.9 Å². The maximum atomic E-state index is 15.1. The molecular weight excluding hydrogens is 573 g/mol. The minimum atomic E-state index is -1.31. The number of pyridine rings is 1. The summed E-state index contributed by atoms with van der Waals surface area (Å²) in [5.41, 5.74) is -2.96. The molecule has 5 aromatic rings.